The van der Waals surface area contributed by atoms with E-state index in [4.69, 9.17) is 18.0 Å². The third-order valence-corrected chi connectivity index (χ3v) is 3.84. The van der Waals surface area contributed by atoms with Crippen molar-refractivity contribution in [2.45, 2.75) is 31.8 Å². The molecule has 0 aliphatic carbocycles. The number of anilines is 1. The Morgan fingerprint density at radius 2 is 2.39 bits per heavy atom. The van der Waals surface area contributed by atoms with Crippen LogP contribution in [0.25, 0.3) is 0 Å². The molecule has 0 radical (unpaired) electrons. The fraction of sp³-hybridized carbons (Fsp3) is 0.538. The van der Waals surface area contributed by atoms with E-state index in [1.807, 2.05) is 12.1 Å². The smallest absolute Gasteiger partial charge is 0.136 e. The van der Waals surface area contributed by atoms with Crippen molar-refractivity contribution in [2.24, 2.45) is 5.73 Å². The van der Waals surface area contributed by atoms with Crippen molar-refractivity contribution in [2.75, 3.05) is 18.9 Å². The van der Waals surface area contributed by atoms with E-state index in [-0.39, 0.29) is 0 Å². The molecule has 1 aromatic rings. The van der Waals surface area contributed by atoms with Crippen molar-refractivity contribution in [3.8, 4) is 0 Å². The number of aromatic nitrogens is 1. The van der Waals surface area contributed by atoms with Crippen molar-refractivity contribution in [3.05, 3.63) is 23.9 Å². The lowest BCUT2D eigenvalue weighted by atomic mass is 9.99. The van der Waals surface area contributed by atoms with Gasteiger partial charge in [-0.05, 0) is 38.9 Å². The minimum absolute atomic E-state index is 0.395. The van der Waals surface area contributed by atoms with Gasteiger partial charge < -0.3 is 16.0 Å². The number of nitrogens with one attached hydrogen (secondary N) is 1. The maximum absolute atomic E-state index is 5.71. The molecule has 5 heteroatoms. The molecule has 1 aliphatic heterocycles. The zero-order chi connectivity index (χ0) is 13.1. The number of nitrogens with zero attached hydrogens (tertiary/aromatic N) is 2. The Labute approximate surface area is 114 Å². The Balaban J connectivity index is 2.08. The SMILES string of the molecule is CC1CC(Nc2ncccc2C(N)=S)CCN1C. The first-order valence-electron chi connectivity index (χ1n) is 6.29. The molecule has 1 saturated heterocycles. The molecule has 4 nitrogen and oxygen atoms in total. The third-order valence-electron chi connectivity index (χ3n) is 3.62. The highest BCUT2D eigenvalue weighted by molar-refractivity contribution is 7.80. The average molecular weight is 264 g/mol. The zero-order valence-electron chi connectivity index (χ0n) is 10.9. The van der Waals surface area contributed by atoms with Crippen molar-refractivity contribution >= 4 is 23.0 Å². The van der Waals surface area contributed by atoms with Crippen LogP contribution in [0.5, 0.6) is 0 Å². The molecule has 1 fully saturated rings. The molecule has 0 bridgehead atoms. The molecule has 0 spiro atoms. The first-order valence-corrected chi connectivity index (χ1v) is 6.70. The van der Waals surface area contributed by atoms with Crippen molar-refractivity contribution < 1.29 is 0 Å². The normalized spacial score (nSPS) is 24.8. The largest absolute Gasteiger partial charge is 0.389 e. The highest BCUT2D eigenvalue weighted by Gasteiger charge is 2.23. The molecule has 2 atom stereocenters. The lowest BCUT2D eigenvalue weighted by Crippen LogP contribution is -2.43. The number of nitrogens with two attached hydrogens (primary N) is 1. The summed E-state index contributed by atoms with van der Waals surface area (Å²) in [5.41, 5.74) is 6.54. The molecule has 2 heterocycles. The van der Waals surface area contributed by atoms with Gasteiger partial charge in [-0.25, -0.2) is 4.98 Å². The summed E-state index contributed by atoms with van der Waals surface area (Å²) in [5, 5.41) is 3.48. The van der Waals surface area contributed by atoms with Crippen LogP contribution in [0.1, 0.15) is 25.3 Å². The Kier molecular flexibility index (Phi) is 4.14. The van der Waals surface area contributed by atoms with Crippen molar-refractivity contribution in [1.82, 2.24) is 9.88 Å². The van der Waals surface area contributed by atoms with Crippen LogP contribution in [0.4, 0.5) is 5.82 Å². The molecule has 1 aliphatic rings. The molecular formula is C13H20N4S. The van der Waals surface area contributed by atoms with Gasteiger partial charge in [0, 0.05) is 24.8 Å². The minimum Gasteiger partial charge on any atom is -0.389 e. The second-order valence-corrected chi connectivity index (χ2v) is 5.40. The second kappa shape index (κ2) is 5.63. The van der Waals surface area contributed by atoms with Crippen LogP contribution in [0.2, 0.25) is 0 Å². The van der Waals surface area contributed by atoms with Gasteiger partial charge in [0.25, 0.3) is 0 Å². The van der Waals surface area contributed by atoms with Gasteiger partial charge in [0.05, 0.1) is 5.56 Å². The number of thiocarbonyl (C=S) groups is 1. The molecule has 0 saturated carbocycles. The fourth-order valence-electron chi connectivity index (χ4n) is 2.33. The molecule has 3 N–H and O–H groups in total. The summed E-state index contributed by atoms with van der Waals surface area (Å²) in [6.45, 7) is 3.36. The Hall–Kier alpha value is -1.20. The highest BCUT2D eigenvalue weighted by Crippen LogP contribution is 2.20. The zero-order valence-corrected chi connectivity index (χ0v) is 11.7. The second-order valence-electron chi connectivity index (χ2n) is 4.96. The highest BCUT2D eigenvalue weighted by atomic mass is 32.1. The van der Waals surface area contributed by atoms with Crippen LogP contribution in [0.15, 0.2) is 18.3 Å². The molecule has 0 aromatic carbocycles. The Bertz CT molecular complexity index is 435. The number of hydrogen-bond acceptors (Lipinski definition) is 4. The van der Waals surface area contributed by atoms with Crippen LogP contribution >= 0.6 is 12.2 Å². The molecule has 98 valence electrons. The van der Waals surface area contributed by atoms with Crippen LogP contribution < -0.4 is 11.1 Å². The number of rotatable bonds is 3. The summed E-state index contributed by atoms with van der Waals surface area (Å²) >= 11 is 5.05. The van der Waals surface area contributed by atoms with Crippen LogP contribution in [0, 0.1) is 0 Å². The monoisotopic (exact) mass is 264 g/mol. The topological polar surface area (TPSA) is 54.2 Å². The van der Waals surface area contributed by atoms with E-state index in [0.717, 1.165) is 30.8 Å². The lowest BCUT2D eigenvalue weighted by molar-refractivity contribution is 0.190. The average Bonchev–Trinajstić information content (AvgIpc) is 2.34. The summed E-state index contributed by atoms with van der Waals surface area (Å²) in [6.07, 6.45) is 4.00. The summed E-state index contributed by atoms with van der Waals surface area (Å²) in [5.74, 6) is 0.812. The number of likely N-dealkylation sites (tertiary alicyclic amines) is 1. The maximum atomic E-state index is 5.71. The van der Waals surface area contributed by atoms with Crippen molar-refractivity contribution in [3.63, 3.8) is 0 Å². The first kappa shape index (κ1) is 13.2. The Morgan fingerprint density at radius 3 is 3.06 bits per heavy atom. The van der Waals surface area contributed by atoms with Crippen molar-refractivity contribution in [1.29, 1.82) is 0 Å². The van der Waals surface area contributed by atoms with E-state index in [0.29, 0.717) is 17.1 Å². The first-order chi connectivity index (χ1) is 8.58. The quantitative estimate of drug-likeness (QED) is 0.812. The van der Waals surface area contributed by atoms with E-state index < -0.39 is 0 Å². The summed E-state index contributed by atoms with van der Waals surface area (Å²) in [6, 6.07) is 4.81. The van der Waals surface area contributed by atoms with Crippen LogP contribution in [-0.4, -0.2) is 40.5 Å². The summed E-state index contributed by atoms with van der Waals surface area (Å²) < 4.78 is 0. The fourth-order valence-corrected chi connectivity index (χ4v) is 2.50. The molecule has 2 rings (SSSR count). The van der Waals surface area contributed by atoms with Gasteiger partial charge in [0.1, 0.15) is 10.8 Å². The number of hydrogen-bond donors (Lipinski definition) is 2. The minimum atomic E-state index is 0.395. The maximum Gasteiger partial charge on any atom is 0.136 e. The van der Waals surface area contributed by atoms with E-state index >= 15 is 0 Å². The van der Waals surface area contributed by atoms with E-state index in [1.54, 1.807) is 6.20 Å². The van der Waals surface area contributed by atoms with E-state index in [2.05, 4.69) is 29.2 Å². The van der Waals surface area contributed by atoms with Gasteiger partial charge in [-0.15, -0.1) is 0 Å². The number of piperidine rings is 1. The van der Waals surface area contributed by atoms with Gasteiger partial charge in [-0.3, -0.25) is 0 Å². The standard InChI is InChI=1S/C13H20N4S/c1-9-8-10(5-7-17(9)2)16-13-11(12(14)18)4-3-6-15-13/h3-4,6,9-10H,5,7-8H2,1-2H3,(H2,14,18)(H,15,16). The van der Waals surface area contributed by atoms with E-state index in [9.17, 15) is 0 Å². The predicted octanol–water partition coefficient (Wildman–Crippen LogP) is 1.61. The van der Waals surface area contributed by atoms with Crippen LogP contribution in [-0.2, 0) is 0 Å². The third kappa shape index (κ3) is 2.97. The molecule has 2 unspecified atom stereocenters. The van der Waals surface area contributed by atoms with Gasteiger partial charge >= 0.3 is 0 Å². The van der Waals surface area contributed by atoms with Gasteiger partial charge in [-0.1, -0.05) is 12.2 Å². The molecule has 1 aromatic heterocycles. The van der Waals surface area contributed by atoms with Crippen LogP contribution in [0.3, 0.4) is 0 Å². The summed E-state index contributed by atoms with van der Waals surface area (Å²) in [7, 11) is 2.17. The molecule has 18 heavy (non-hydrogen) atoms. The van der Waals surface area contributed by atoms with Gasteiger partial charge in [-0.2, -0.15) is 0 Å². The lowest BCUT2D eigenvalue weighted by Gasteiger charge is -2.35. The van der Waals surface area contributed by atoms with Gasteiger partial charge in [0.2, 0.25) is 0 Å². The van der Waals surface area contributed by atoms with Gasteiger partial charge in [0.15, 0.2) is 0 Å². The predicted molar refractivity (Wildman–Crippen MR) is 78.9 cm³/mol. The number of pyridine rings is 1. The Morgan fingerprint density at radius 1 is 1.61 bits per heavy atom. The molecular weight excluding hydrogens is 244 g/mol. The van der Waals surface area contributed by atoms with E-state index in [1.165, 1.54) is 0 Å². The molecule has 0 amide bonds. The summed E-state index contributed by atoms with van der Waals surface area (Å²) in [4.78, 5) is 7.12.